The maximum absolute atomic E-state index is 12.2. The third-order valence-corrected chi connectivity index (χ3v) is 3.98. The van der Waals surface area contributed by atoms with Gasteiger partial charge in [-0.3, -0.25) is 4.79 Å². The van der Waals surface area contributed by atoms with Crippen LogP contribution in [0, 0.1) is 6.92 Å². The zero-order valence-corrected chi connectivity index (χ0v) is 12.0. The molecule has 96 valence electrons. The van der Waals surface area contributed by atoms with Crippen LogP contribution in [0.2, 0.25) is 0 Å². The van der Waals surface area contributed by atoms with Gasteiger partial charge in [-0.2, -0.15) is 0 Å². The molecular weight excluding hydrogens is 304 g/mol. The van der Waals surface area contributed by atoms with Gasteiger partial charge in [0.1, 0.15) is 6.17 Å². The van der Waals surface area contributed by atoms with E-state index >= 15 is 0 Å². The fourth-order valence-electron chi connectivity index (χ4n) is 2.34. The smallest absolute Gasteiger partial charge is 0.256 e. The Bertz CT molecular complexity index is 654. The monoisotopic (exact) mass is 316 g/mol. The molecule has 1 atom stereocenters. The van der Waals surface area contributed by atoms with Crippen molar-refractivity contribution in [1.29, 1.82) is 0 Å². The maximum atomic E-state index is 12.2. The summed E-state index contributed by atoms with van der Waals surface area (Å²) < 4.78 is 0.804. The van der Waals surface area contributed by atoms with Gasteiger partial charge in [0, 0.05) is 10.2 Å². The van der Waals surface area contributed by atoms with Crippen LogP contribution in [0.1, 0.15) is 27.7 Å². The Kier molecular flexibility index (Phi) is 3.03. The molecule has 1 amide bonds. The number of anilines is 1. The number of halogens is 1. The molecule has 4 heteroatoms. The first-order chi connectivity index (χ1) is 9.16. The lowest BCUT2D eigenvalue weighted by molar-refractivity contribution is 0.0935. The predicted octanol–water partition coefficient (Wildman–Crippen LogP) is 3.61. The van der Waals surface area contributed by atoms with Gasteiger partial charge in [-0.1, -0.05) is 30.3 Å². The van der Waals surface area contributed by atoms with E-state index < -0.39 is 0 Å². The van der Waals surface area contributed by atoms with E-state index in [1.54, 1.807) is 0 Å². The summed E-state index contributed by atoms with van der Waals surface area (Å²) in [5.41, 5.74) is 3.75. The van der Waals surface area contributed by atoms with E-state index in [1.807, 2.05) is 49.4 Å². The Morgan fingerprint density at radius 3 is 2.63 bits per heavy atom. The van der Waals surface area contributed by atoms with E-state index in [2.05, 4.69) is 26.6 Å². The summed E-state index contributed by atoms with van der Waals surface area (Å²) in [6.07, 6.45) is -0.185. The average Bonchev–Trinajstić information content (AvgIpc) is 2.39. The van der Waals surface area contributed by atoms with Crippen LogP contribution in [-0.4, -0.2) is 5.91 Å². The molecule has 1 aliphatic heterocycles. The highest BCUT2D eigenvalue weighted by Crippen LogP contribution is 2.32. The van der Waals surface area contributed by atoms with Crippen molar-refractivity contribution in [3.05, 3.63) is 63.6 Å². The normalized spacial score (nSPS) is 17.4. The fourth-order valence-corrected chi connectivity index (χ4v) is 2.88. The molecule has 0 bridgehead atoms. The molecule has 0 saturated heterocycles. The Morgan fingerprint density at radius 2 is 1.84 bits per heavy atom. The molecule has 3 rings (SSSR count). The van der Waals surface area contributed by atoms with Crippen molar-refractivity contribution in [3.63, 3.8) is 0 Å². The molecule has 3 nitrogen and oxygen atoms in total. The predicted molar refractivity (Wildman–Crippen MR) is 79.2 cm³/mol. The molecule has 19 heavy (non-hydrogen) atoms. The Balaban J connectivity index is 2.03. The van der Waals surface area contributed by atoms with E-state index in [1.165, 1.54) is 0 Å². The summed E-state index contributed by atoms with van der Waals surface area (Å²) in [7, 11) is 0. The van der Waals surface area contributed by atoms with Gasteiger partial charge in [0.15, 0.2) is 0 Å². The number of carbonyl (C=O) groups is 1. The molecule has 1 heterocycles. The number of aryl methyl sites for hydroxylation is 1. The van der Waals surface area contributed by atoms with Crippen molar-refractivity contribution >= 4 is 27.5 Å². The summed E-state index contributed by atoms with van der Waals surface area (Å²) in [6.45, 7) is 2.04. The van der Waals surface area contributed by atoms with Crippen molar-refractivity contribution in [2.45, 2.75) is 13.1 Å². The van der Waals surface area contributed by atoms with Gasteiger partial charge >= 0.3 is 0 Å². The van der Waals surface area contributed by atoms with Crippen LogP contribution >= 0.6 is 15.9 Å². The minimum Gasteiger partial charge on any atom is -0.361 e. The summed E-state index contributed by atoms with van der Waals surface area (Å²) >= 11 is 3.41. The number of amides is 1. The Morgan fingerprint density at radius 1 is 1.05 bits per heavy atom. The minimum absolute atomic E-state index is 0.0607. The van der Waals surface area contributed by atoms with E-state index in [-0.39, 0.29) is 12.1 Å². The van der Waals surface area contributed by atoms with E-state index in [9.17, 15) is 4.79 Å². The summed E-state index contributed by atoms with van der Waals surface area (Å²) in [6, 6.07) is 13.7. The van der Waals surface area contributed by atoms with Crippen molar-refractivity contribution in [2.75, 3.05) is 5.32 Å². The van der Waals surface area contributed by atoms with Gasteiger partial charge in [0.25, 0.3) is 5.91 Å². The van der Waals surface area contributed by atoms with Crippen LogP contribution in [-0.2, 0) is 0 Å². The molecular formula is C15H13BrN2O. The third-order valence-electron chi connectivity index (χ3n) is 3.32. The molecule has 2 aromatic rings. The topological polar surface area (TPSA) is 41.1 Å². The van der Waals surface area contributed by atoms with Gasteiger partial charge in [-0.25, -0.2) is 0 Å². The molecule has 0 saturated carbocycles. The van der Waals surface area contributed by atoms with Crippen LogP contribution in [0.4, 0.5) is 5.69 Å². The fraction of sp³-hybridized carbons (Fsp3) is 0.133. The number of carbonyl (C=O) groups excluding carboxylic acids is 1. The number of benzene rings is 2. The van der Waals surface area contributed by atoms with E-state index in [0.717, 1.165) is 21.3 Å². The van der Waals surface area contributed by atoms with E-state index in [4.69, 9.17) is 0 Å². The number of hydrogen-bond acceptors (Lipinski definition) is 2. The van der Waals surface area contributed by atoms with Crippen molar-refractivity contribution < 1.29 is 4.79 Å². The Labute approximate surface area is 120 Å². The Hall–Kier alpha value is -1.81. The zero-order valence-electron chi connectivity index (χ0n) is 10.4. The molecule has 0 radical (unpaired) electrons. The third kappa shape index (κ3) is 2.12. The van der Waals surface area contributed by atoms with Crippen molar-refractivity contribution in [3.8, 4) is 0 Å². The number of rotatable bonds is 1. The van der Waals surface area contributed by atoms with Gasteiger partial charge in [-0.05, 0) is 46.1 Å². The van der Waals surface area contributed by atoms with Crippen LogP contribution in [0.3, 0.4) is 0 Å². The van der Waals surface area contributed by atoms with Crippen LogP contribution < -0.4 is 10.6 Å². The molecule has 0 fully saturated rings. The standard InChI is InChI=1S/C15H13BrN2O/c1-9-5-2-3-6-10(9)14-17-12-8-4-7-11(16)13(12)15(19)18-14/h2-8,14,17H,1H3,(H,18,19). The first-order valence-corrected chi connectivity index (χ1v) is 6.87. The van der Waals surface area contributed by atoms with Crippen LogP contribution in [0.5, 0.6) is 0 Å². The number of hydrogen-bond donors (Lipinski definition) is 2. The molecule has 1 aliphatic rings. The van der Waals surface area contributed by atoms with Gasteiger partial charge in [0.05, 0.1) is 5.56 Å². The summed E-state index contributed by atoms with van der Waals surface area (Å²) in [5, 5.41) is 6.35. The SMILES string of the molecule is Cc1ccccc1C1NC(=O)c2c(Br)cccc2N1. The highest BCUT2D eigenvalue weighted by Gasteiger charge is 2.26. The second kappa shape index (κ2) is 4.70. The summed E-state index contributed by atoms with van der Waals surface area (Å²) in [4.78, 5) is 12.2. The lowest BCUT2D eigenvalue weighted by Crippen LogP contribution is -2.39. The minimum atomic E-state index is -0.185. The largest absolute Gasteiger partial charge is 0.361 e. The van der Waals surface area contributed by atoms with Crippen LogP contribution in [0.15, 0.2) is 46.9 Å². The van der Waals surface area contributed by atoms with E-state index in [0.29, 0.717) is 5.56 Å². The van der Waals surface area contributed by atoms with Crippen LogP contribution in [0.25, 0.3) is 0 Å². The summed E-state index contributed by atoms with van der Waals surface area (Å²) in [5.74, 6) is -0.0607. The highest BCUT2D eigenvalue weighted by molar-refractivity contribution is 9.10. The first-order valence-electron chi connectivity index (χ1n) is 6.08. The molecule has 2 aromatic carbocycles. The maximum Gasteiger partial charge on any atom is 0.256 e. The van der Waals surface area contributed by atoms with Crippen molar-refractivity contribution in [1.82, 2.24) is 5.32 Å². The number of nitrogens with one attached hydrogen (secondary N) is 2. The molecule has 0 spiro atoms. The lowest BCUT2D eigenvalue weighted by atomic mass is 10.0. The molecule has 0 aliphatic carbocycles. The van der Waals surface area contributed by atoms with Gasteiger partial charge < -0.3 is 10.6 Å². The lowest BCUT2D eigenvalue weighted by Gasteiger charge is -2.29. The van der Waals surface area contributed by atoms with Crippen molar-refractivity contribution in [2.24, 2.45) is 0 Å². The molecule has 0 aromatic heterocycles. The average molecular weight is 317 g/mol. The van der Waals surface area contributed by atoms with Gasteiger partial charge in [-0.15, -0.1) is 0 Å². The molecule has 2 N–H and O–H groups in total. The zero-order chi connectivity index (χ0) is 13.4. The second-order valence-corrected chi connectivity index (χ2v) is 5.42. The quantitative estimate of drug-likeness (QED) is 0.843. The molecule has 1 unspecified atom stereocenters. The highest BCUT2D eigenvalue weighted by atomic mass is 79.9. The van der Waals surface area contributed by atoms with Gasteiger partial charge in [0.2, 0.25) is 0 Å². The first kappa shape index (κ1) is 12.2. The second-order valence-electron chi connectivity index (χ2n) is 4.57. The number of fused-ring (bicyclic) bond motifs is 1.